The molecule has 0 aromatic heterocycles. The number of hydrogen-bond donors (Lipinski definition) is 5. The van der Waals surface area contributed by atoms with Crippen LogP contribution < -0.4 is 5.73 Å². The van der Waals surface area contributed by atoms with Crippen LogP contribution in [0.25, 0.3) is 0 Å². The maximum absolute atomic E-state index is 10.5. The van der Waals surface area contributed by atoms with Gasteiger partial charge in [-0.05, 0) is 0 Å². The fourth-order valence-corrected chi connectivity index (χ4v) is 1.06. The molecule has 0 aliphatic heterocycles. The number of hydrogen-bond acceptors (Lipinski definition) is 5. The first-order valence-electron chi connectivity index (χ1n) is 3.87. The molecular weight excluding hydrogens is 226 g/mol. The lowest BCUT2D eigenvalue weighted by Crippen LogP contribution is -2.50. The topological polar surface area (TPSA) is 175 Å². The number of nitrogens with two attached hydrogens (primary N) is 1. The second-order valence-corrected chi connectivity index (χ2v) is 2.89. The Balaban J connectivity index is 5.18. The number of carboxylic acids is 4. The van der Waals surface area contributed by atoms with Gasteiger partial charge >= 0.3 is 23.9 Å². The van der Waals surface area contributed by atoms with E-state index in [-0.39, 0.29) is 0 Å². The molecule has 0 saturated heterocycles. The minimum absolute atomic E-state index is 1.90. The van der Waals surface area contributed by atoms with E-state index < -0.39 is 41.8 Å². The third-order valence-corrected chi connectivity index (χ3v) is 1.83. The predicted octanol–water partition coefficient (Wildman–Crippen LogP) is -2.12. The Morgan fingerprint density at radius 3 is 1.00 bits per heavy atom. The van der Waals surface area contributed by atoms with Gasteiger partial charge in [0, 0.05) is 0 Å². The molecule has 0 rings (SSSR count). The van der Waals surface area contributed by atoms with Gasteiger partial charge in [0.05, 0.1) is 6.04 Å². The molecule has 6 N–H and O–H groups in total. The molecule has 9 heteroatoms. The van der Waals surface area contributed by atoms with Crippen LogP contribution in [0.2, 0.25) is 0 Å². The summed E-state index contributed by atoms with van der Waals surface area (Å²) in [5.41, 5.74) is 5.04. The molecule has 0 aliphatic rings. The highest BCUT2D eigenvalue weighted by molar-refractivity contribution is 5.99. The van der Waals surface area contributed by atoms with Crippen LogP contribution in [0.3, 0.4) is 0 Å². The average molecular weight is 235 g/mol. The first-order valence-corrected chi connectivity index (χ1v) is 3.87. The van der Waals surface area contributed by atoms with Crippen molar-refractivity contribution in [3.05, 3.63) is 0 Å². The normalized spacial score (nSPS) is 10.8. The van der Waals surface area contributed by atoms with Crippen molar-refractivity contribution in [1.29, 1.82) is 0 Å². The number of aliphatic carboxylic acids is 4. The molecule has 0 aliphatic carbocycles. The molecule has 0 bridgehead atoms. The zero-order valence-electron chi connectivity index (χ0n) is 7.73. The summed E-state index contributed by atoms with van der Waals surface area (Å²) < 4.78 is 0. The van der Waals surface area contributed by atoms with Gasteiger partial charge in [-0.25, -0.2) is 0 Å². The molecule has 0 spiro atoms. The van der Waals surface area contributed by atoms with Crippen molar-refractivity contribution in [1.82, 2.24) is 0 Å². The van der Waals surface area contributed by atoms with Crippen molar-refractivity contribution >= 4 is 23.9 Å². The summed E-state index contributed by atoms with van der Waals surface area (Å²) in [7, 11) is 0. The van der Waals surface area contributed by atoms with Crippen LogP contribution >= 0.6 is 0 Å². The maximum atomic E-state index is 10.5. The molecule has 0 heterocycles. The first-order chi connectivity index (χ1) is 7.20. The number of rotatable bonds is 6. The van der Waals surface area contributed by atoms with Gasteiger partial charge in [-0.3, -0.25) is 19.2 Å². The standard InChI is InChI=1S/C7H9NO8/c8-3(1(4(9)10)5(11)12)2(6(13)14)7(15)16/h1-3H,8H2,(H,9,10)(H,11,12)(H,13,14)(H,15,16). The van der Waals surface area contributed by atoms with E-state index in [1.54, 1.807) is 0 Å². The van der Waals surface area contributed by atoms with E-state index in [2.05, 4.69) is 0 Å². The van der Waals surface area contributed by atoms with E-state index >= 15 is 0 Å². The molecule has 0 radical (unpaired) electrons. The lowest BCUT2D eigenvalue weighted by atomic mass is 9.89. The molecule has 0 atom stereocenters. The zero-order valence-corrected chi connectivity index (χ0v) is 7.73. The van der Waals surface area contributed by atoms with E-state index in [0.29, 0.717) is 0 Å². The van der Waals surface area contributed by atoms with Crippen LogP contribution in [0, 0.1) is 11.8 Å². The smallest absolute Gasteiger partial charge is 0.319 e. The van der Waals surface area contributed by atoms with E-state index in [4.69, 9.17) is 26.2 Å². The minimum Gasteiger partial charge on any atom is -0.481 e. The maximum Gasteiger partial charge on any atom is 0.319 e. The van der Waals surface area contributed by atoms with Gasteiger partial charge in [0.15, 0.2) is 11.8 Å². The second-order valence-electron chi connectivity index (χ2n) is 2.89. The Labute approximate surface area is 88.1 Å². The highest BCUT2D eigenvalue weighted by atomic mass is 16.4. The fraction of sp³-hybridized carbons (Fsp3) is 0.429. The molecule has 9 nitrogen and oxygen atoms in total. The molecule has 90 valence electrons. The van der Waals surface area contributed by atoms with Crippen LogP contribution in [0.15, 0.2) is 0 Å². The molecule has 0 aromatic rings. The van der Waals surface area contributed by atoms with Crippen molar-refractivity contribution in [3.63, 3.8) is 0 Å². The van der Waals surface area contributed by atoms with Crippen molar-refractivity contribution in [2.24, 2.45) is 17.6 Å². The summed E-state index contributed by atoms with van der Waals surface area (Å²) in [6.45, 7) is 0. The van der Waals surface area contributed by atoms with Crippen LogP contribution in [-0.4, -0.2) is 50.3 Å². The monoisotopic (exact) mass is 235 g/mol. The first kappa shape index (κ1) is 13.8. The highest BCUT2D eigenvalue weighted by Gasteiger charge is 2.44. The molecule has 0 fully saturated rings. The number of carbonyl (C=O) groups is 4. The Kier molecular flexibility index (Phi) is 4.39. The molecule has 16 heavy (non-hydrogen) atoms. The van der Waals surface area contributed by atoms with Crippen molar-refractivity contribution in [2.75, 3.05) is 0 Å². The second kappa shape index (κ2) is 5.07. The van der Waals surface area contributed by atoms with Gasteiger partial charge < -0.3 is 26.2 Å². The summed E-state index contributed by atoms with van der Waals surface area (Å²) in [4.78, 5) is 41.9. The molecule has 0 amide bonds. The van der Waals surface area contributed by atoms with Gasteiger partial charge in [-0.15, -0.1) is 0 Å². The van der Waals surface area contributed by atoms with Crippen LogP contribution in [0.5, 0.6) is 0 Å². The Hall–Kier alpha value is -2.16. The van der Waals surface area contributed by atoms with E-state index in [9.17, 15) is 19.2 Å². The van der Waals surface area contributed by atoms with Crippen LogP contribution in [0.4, 0.5) is 0 Å². The predicted molar refractivity (Wildman–Crippen MR) is 45.5 cm³/mol. The van der Waals surface area contributed by atoms with E-state index in [1.165, 1.54) is 0 Å². The molecule has 0 aromatic carbocycles. The summed E-state index contributed by atoms with van der Waals surface area (Å²) in [6, 6.07) is -2.06. The lowest BCUT2D eigenvalue weighted by molar-refractivity contribution is -0.160. The summed E-state index contributed by atoms with van der Waals surface area (Å²) in [5, 5.41) is 33.9. The van der Waals surface area contributed by atoms with Crippen molar-refractivity contribution in [2.45, 2.75) is 6.04 Å². The van der Waals surface area contributed by atoms with Gasteiger partial charge in [0.25, 0.3) is 0 Å². The summed E-state index contributed by atoms with van der Waals surface area (Å²) in [6.07, 6.45) is 0. The highest BCUT2D eigenvalue weighted by Crippen LogP contribution is 2.13. The summed E-state index contributed by atoms with van der Waals surface area (Å²) in [5.74, 6) is -12.2. The average Bonchev–Trinajstić information content (AvgIpc) is 1.99. The van der Waals surface area contributed by atoms with E-state index in [1.807, 2.05) is 0 Å². The largest absolute Gasteiger partial charge is 0.481 e. The molecule has 0 unspecified atom stereocenters. The van der Waals surface area contributed by atoms with Crippen molar-refractivity contribution in [3.8, 4) is 0 Å². The quantitative estimate of drug-likeness (QED) is 0.322. The molecule has 0 saturated carbocycles. The Morgan fingerprint density at radius 1 is 0.688 bits per heavy atom. The van der Waals surface area contributed by atoms with Gasteiger partial charge in [0.1, 0.15) is 0 Å². The minimum atomic E-state index is -2.29. The molecular formula is C7H9NO8. The Bertz CT molecular complexity index is 277. The summed E-state index contributed by atoms with van der Waals surface area (Å²) >= 11 is 0. The van der Waals surface area contributed by atoms with E-state index in [0.717, 1.165) is 0 Å². The van der Waals surface area contributed by atoms with Gasteiger partial charge in [0.2, 0.25) is 0 Å². The Morgan fingerprint density at radius 2 is 0.875 bits per heavy atom. The van der Waals surface area contributed by atoms with Gasteiger partial charge in [-0.1, -0.05) is 0 Å². The van der Waals surface area contributed by atoms with Gasteiger partial charge in [-0.2, -0.15) is 0 Å². The fourth-order valence-electron chi connectivity index (χ4n) is 1.06. The van der Waals surface area contributed by atoms with Crippen molar-refractivity contribution < 1.29 is 39.6 Å². The SMILES string of the molecule is NC(C(C(=O)O)C(=O)O)C(C(=O)O)C(=O)O. The third-order valence-electron chi connectivity index (χ3n) is 1.83. The third kappa shape index (κ3) is 2.92. The lowest BCUT2D eigenvalue weighted by Gasteiger charge is -2.19. The number of carboxylic acid groups (broad SMARTS) is 4. The zero-order chi connectivity index (χ0) is 13.0. The van der Waals surface area contributed by atoms with Crippen LogP contribution in [-0.2, 0) is 19.2 Å². The van der Waals surface area contributed by atoms with Crippen LogP contribution in [0.1, 0.15) is 0 Å².